The van der Waals surface area contributed by atoms with E-state index < -0.39 is 0 Å². The molecule has 3 heterocycles. The first-order valence-electron chi connectivity index (χ1n) is 5.75. The highest BCUT2D eigenvalue weighted by molar-refractivity contribution is 5.41. The fourth-order valence-corrected chi connectivity index (χ4v) is 2.63. The van der Waals surface area contributed by atoms with Crippen LogP contribution in [0.5, 0.6) is 0 Å². The summed E-state index contributed by atoms with van der Waals surface area (Å²) >= 11 is 0. The summed E-state index contributed by atoms with van der Waals surface area (Å²) in [6, 6.07) is 5.66. The predicted octanol–water partition coefficient (Wildman–Crippen LogP) is 1.33. The standard InChI is InChI=1S/C12H17N3/c1-9-2-5-12(13-6-9)15-7-10-3-4-11(8-15)14-10/h2,5-6,10-11,14H,3-4,7-8H2,1H3/t10-,11?/m0/s1. The van der Waals surface area contributed by atoms with Gasteiger partial charge in [0.2, 0.25) is 0 Å². The van der Waals surface area contributed by atoms with Crippen LogP contribution in [0.2, 0.25) is 0 Å². The van der Waals surface area contributed by atoms with Gasteiger partial charge in [0.25, 0.3) is 0 Å². The van der Waals surface area contributed by atoms with Gasteiger partial charge in [0, 0.05) is 31.4 Å². The number of rotatable bonds is 1. The monoisotopic (exact) mass is 203 g/mol. The normalized spacial score (nSPS) is 29.5. The van der Waals surface area contributed by atoms with Gasteiger partial charge >= 0.3 is 0 Å². The third kappa shape index (κ3) is 1.72. The molecule has 3 rings (SSSR count). The van der Waals surface area contributed by atoms with Gasteiger partial charge < -0.3 is 10.2 Å². The smallest absolute Gasteiger partial charge is 0.128 e. The third-order valence-electron chi connectivity index (χ3n) is 3.44. The van der Waals surface area contributed by atoms with Crippen molar-refractivity contribution in [1.29, 1.82) is 0 Å². The van der Waals surface area contributed by atoms with Gasteiger partial charge in [-0.3, -0.25) is 0 Å². The Morgan fingerprint density at radius 3 is 2.60 bits per heavy atom. The summed E-state index contributed by atoms with van der Waals surface area (Å²) < 4.78 is 0. The minimum atomic E-state index is 0.687. The molecular weight excluding hydrogens is 186 g/mol. The lowest BCUT2D eigenvalue weighted by atomic mass is 10.2. The minimum Gasteiger partial charge on any atom is -0.353 e. The Labute approximate surface area is 90.5 Å². The Hall–Kier alpha value is -1.09. The molecule has 1 unspecified atom stereocenters. The maximum atomic E-state index is 4.50. The van der Waals surface area contributed by atoms with Crippen molar-refractivity contribution in [2.24, 2.45) is 0 Å². The fraction of sp³-hybridized carbons (Fsp3) is 0.583. The van der Waals surface area contributed by atoms with E-state index in [4.69, 9.17) is 0 Å². The van der Waals surface area contributed by atoms with Crippen LogP contribution in [0.4, 0.5) is 5.82 Å². The number of piperazine rings is 1. The number of hydrogen-bond donors (Lipinski definition) is 1. The molecular formula is C12H17N3. The molecule has 2 atom stereocenters. The molecule has 3 nitrogen and oxygen atoms in total. The first-order valence-corrected chi connectivity index (χ1v) is 5.75. The van der Waals surface area contributed by atoms with Crippen molar-refractivity contribution in [3.63, 3.8) is 0 Å². The maximum absolute atomic E-state index is 4.50. The Morgan fingerprint density at radius 2 is 2.00 bits per heavy atom. The highest BCUT2D eigenvalue weighted by Gasteiger charge is 2.32. The second-order valence-corrected chi connectivity index (χ2v) is 4.74. The molecule has 1 aromatic rings. The van der Waals surface area contributed by atoms with Crippen molar-refractivity contribution in [2.75, 3.05) is 18.0 Å². The van der Waals surface area contributed by atoms with E-state index in [9.17, 15) is 0 Å². The summed E-state index contributed by atoms with van der Waals surface area (Å²) in [5, 5.41) is 3.63. The van der Waals surface area contributed by atoms with Gasteiger partial charge in [-0.2, -0.15) is 0 Å². The van der Waals surface area contributed by atoms with Crippen LogP contribution < -0.4 is 10.2 Å². The Morgan fingerprint density at radius 1 is 1.27 bits per heavy atom. The molecule has 2 bridgehead atoms. The van der Waals surface area contributed by atoms with Crippen LogP contribution >= 0.6 is 0 Å². The molecule has 0 aliphatic carbocycles. The fourth-order valence-electron chi connectivity index (χ4n) is 2.63. The molecule has 0 saturated carbocycles. The summed E-state index contributed by atoms with van der Waals surface area (Å²) in [7, 11) is 0. The first-order chi connectivity index (χ1) is 7.31. The second kappa shape index (κ2) is 3.49. The molecule has 2 aliphatic rings. The Kier molecular flexibility index (Phi) is 2.13. The lowest BCUT2D eigenvalue weighted by molar-refractivity contribution is 0.463. The van der Waals surface area contributed by atoms with E-state index in [0.717, 1.165) is 18.9 Å². The lowest BCUT2D eigenvalue weighted by Crippen LogP contribution is -2.51. The van der Waals surface area contributed by atoms with Crippen molar-refractivity contribution in [3.8, 4) is 0 Å². The molecule has 0 amide bonds. The zero-order chi connectivity index (χ0) is 10.3. The van der Waals surface area contributed by atoms with Crippen LogP contribution in [0, 0.1) is 6.92 Å². The second-order valence-electron chi connectivity index (χ2n) is 4.74. The van der Waals surface area contributed by atoms with Gasteiger partial charge in [-0.1, -0.05) is 6.07 Å². The van der Waals surface area contributed by atoms with E-state index in [2.05, 4.69) is 34.3 Å². The summed E-state index contributed by atoms with van der Waals surface area (Å²) in [6.45, 7) is 4.32. The zero-order valence-corrected chi connectivity index (χ0v) is 9.11. The molecule has 1 N–H and O–H groups in total. The van der Waals surface area contributed by atoms with Crippen molar-refractivity contribution in [3.05, 3.63) is 23.9 Å². The number of aryl methyl sites for hydroxylation is 1. The van der Waals surface area contributed by atoms with E-state index in [1.165, 1.54) is 18.4 Å². The van der Waals surface area contributed by atoms with Crippen molar-refractivity contribution >= 4 is 5.82 Å². The van der Waals surface area contributed by atoms with Crippen molar-refractivity contribution < 1.29 is 0 Å². The van der Waals surface area contributed by atoms with Gasteiger partial charge in [-0.05, 0) is 31.4 Å². The molecule has 15 heavy (non-hydrogen) atoms. The highest BCUT2D eigenvalue weighted by atomic mass is 15.3. The van der Waals surface area contributed by atoms with Gasteiger partial charge in [0.1, 0.15) is 5.82 Å². The molecule has 2 fully saturated rings. The van der Waals surface area contributed by atoms with E-state index in [1.807, 2.05) is 6.20 Å². The summed E-state index contributed by atoms with van der Waals surface area (Å²) in [5.41, 5.74) is 1.23. The van der Waals surface area contributed by atoms with Gasteiger partial charge in [-0.15, -0.1) is 0 Å². The van der Waals surface area contributed by atoms with Gasteiger partial charge in [-0.25, -0.2) is 4.98 Å². The number of pyridine rings is 1. The highest BCUT2D eigenvalue weighted by Crippen LogP contribution is 2.23. The molecule has 80 valence electrons. The summed E-state index contributed by atoms with van der Waals surface area (Å²) in [4.78, 5) is 6.91. The van der Waals surface area contributed by atoms with Crippen molar-refractivity contribution in [1.82, 2.24) is 10.3 Å². The number of hydrogen-bond acceptors (Lipinski definition) is 3. The molecule has 0 radical (unpaired) electrons. The van der Waals surface area contributed by atoms with Crippen LogP contribution in [-0.4, -0.2) is 30.2 Å². The zero-order valence-electron chi connectivity index (χ0n) is 9.11. The van der Waals surface area contributed by atoms with E-state index >= 15 is 0 Å². The minimum absolute atomic E-state index is 0.687. The maximum Gasteiger partial charge on any atom is 0.128 e. The predicted molar refractivity (Wildman–Crippen MR) is 61.1 cm³/mol. The molecule has 3 heteroatoms. The molecule has 0 spiro atoms. The molecule has 2 saturated heterocycles. The quantitative estimate of drug-likeness (QED) is 0.746. The summed E-state index contributed by atoms with van der Waals surface area (Å²) in [6.07, 6.45) is 4.61. The topological polar surface area (TPSA) is 28.2 Å². The van der Waals surface area contributed by atoms with Gasteiger partial charge in [0.15, 0.2) is 0 Å². The number of fused-ring (bicyclic) bond motifs is 2. The average molecular weight is 203 g/mol. The average Bonchev–Trinajstić information content (AvgIpc) is 2.59. The molecule has 2 aliphatic heterocycles. The van der Waals surface area contributed by atoms with Crippen LogP contribution in [-0.2, 0) is 0 Å². The number of nitrogens with one attached hydrogen (secondary N) is 1. The molecule has 0 aromatic carbocycles. The Bertz CT molecular complexity index is 334. The number of aromatic nitrogens is 1. The largest absolute Gasteiger partial charge is 0.353 e. The number of anilines is 1. The Balaban J connectivity index is 1.80. The summed E-state index contributed by atoms with van der Waals surface area (Å²) in [5.74, 6) is 1.14. The van der Waals surface area contributed by atoms with E-state index in [1.54, 1.807) is 0 Å². The van der Waals surface area contributed by atoms with Crippen LogP contribution in [0.15, 0.2) is 18.3 Å². The number of nitrogens with zero attached hydrogens (tertiary/aromatic N) is 2. The molecule has 1 aromatic heterocycles. The lowest BCUT2D eigenvalue weighted by Gasteiger charge is -2.33. The van der Waals surface area contributed by atoms with Crippen LogP contribution in [0.1, 0.15) is 18.4 Å². The van der Waals surface area contributed by atoms with Crippen molar-refractivity contribution in [2.45, 2.75) is 31.8 Å². The van der Waals surface area contributed by atoms with Crippen LogP contribution in [0.3, 0.4) is 0 Å². The third-order valence-corrected chi connectivity index (χ3v) is 3.44. The SMILES string of the molecule is Cc1ccc(N2CC3CC[C@@H](C2)N3)nc1. The first kappa shape index (κ1) is 9.16. The van der Waals surface area contributed by atoms with E-state index in [0.29, 0.717) is 12.1 Å². The van der Waals surface area contributed by atoms with Crippen LogP contribution in [0.25, 0.3) is 0 Å². The van der Waals surface area contributed by atoms with E-state index in [-0.39, 0.29) is 0 Å². The van der Waals surface area contributed by atoms with Gasteiger partial charge in [0.05, 0.1) is 0 Å².